The monoisotopic (exact) mass is 610 g/mol. The van der Waals surface area contributed by atoms with Gasteiger partial charge in [0.2, 0.25) is 0 Å². The Morgan fingerprint density at radius 2 is 1.79 bits per heavy atom. The smallest absolute Gasteiger partial charge is 0.416 e. The molecule has 2 heterocycles. The Kier molecular flexibility index (Phi) is 8.59. The number of aliphatic imine (C=N–C) groups is 1. The summed E-state index contributed by atoms with van der Waals surface area (Å²) in [6, 6.07) is 15.7. The first kappa shape index (κ1) is 30.3. The molecule has 3 aromatic carbocycles. The Bertz CT molecular complexity index is 1780. The minimum atomic E-state index is -4.81. The molecule has 0 bridgehead atoms. The molecule has 0 saturated carbocycles. The fourth-order valence-corrected chi connectivity index (χ4v) is 6.80. The predicted octanol–water partition coefficient (Wildman–Crippen LogP) is 8.04. The van der Waals surface area contributed by atoms with Gasteiger partial charge in [0, 0.05) is 23.3 Å². The van der Waals surface area contributed by atoms with Crippen LogP contribution in [-0.2, 0) is 12.6 Å². The Morgan fingerprint density at radius 1 is 1.07 bits per heavy atom. The Hall–Kier alpha value is -4.18. The molecule has 222 valence electrons. The van der Waals surface area contributed by atoms with Gasteiger partial charge < -0.3 is 4.74 Å². The number of thioether (sulfide) groups is 1. The fourth-order valence-electron chi connectivity index (χ4n) is 5.43. The van der Waals surface area contributed by atoms with Crippen LogP contribution in [0.3, 0.4) is 0 Å². The van der Waals surface area contributed by atoms with Gasteiger partial charge in [-0.1, -0.05) is 54.6 Å². The second kappa shape index (κ2) is 12.2. The SMILES string of the molecule is C=CC/N=C(\c1ccccc1)C1CSc2c(Cc3c(F)cccc3C(F)(F)F)c(C)c(-c3cccc(OC)c3F)c(=O)n21. The zero-order chi connectivity index (χ0) is 30.9. The van der Waals surface area contributed by atoms with Gasteiger partial charge >= 0.3 is 6.18 Å². The van der Waals surface area contributed by atoms with E-state index in [-0.39, 0.29) is 29.0 Å². The van der Waals surface area contributed by atoms with Crippen molar-refractivity contribution in [2.45, 2.75) is 30.6 Å². The second-order valence-corrected chi connectivity index (χ2v) is 10.9. The summed E-state index contributed by atoms with van der Waals surface area (Å²) < 4.78 is 79.4. The second-order valence-electron chi connectivity index (χ2n) is 9.93. The first-order chi connectivity index (χ1) is 20.6. The number of hydrogen-bond acceptors (Lipinski definition) is 4. The van der Waals surface area contributed by atoms with E-state index in [1.165, 1.54) is 41.6 Å². The van der Waals surface area contributed by atoms with E-state index in [9.17, 15) is 18.0 Å². The Balaban J connectivity index is 1.83. The summed E-state index contributed by atoms with van der Waals surface area (Å²) >= 11 is 1.28. The van der Waals surface area contributed by atoms with E-state index < -0.39 is 47.0 Å². The van der Waals surface area contributed by atoms with Crippen LogP contribution in [0.5, 0.6) is 5.75 Å². The van der Waals surface area contributed by atoms with Crippen LogP contribution < -0.4 is 10.3 Å². The van der Waals surface area contributed by atoms with Crippen LogP contribution in [0.15, 0.2) is 94.2 Å². The summed E-state index contributed by atoms with van der Waals surface area (Å²) in [5.41, 5.74) is -0.417. The average Bonchev–Trinajstić information content (AvgIpc) is 3.42. The lowest BCUT2D eigenvalue weighted by molar-refractivity contribution is -0.138. The molecule has 1 aromatic heterocycles. The van der Waals surface area contributed by atoms with Crippen molar-refractivity contribution in [2.24, 2.45) is 4.99 Å². The molecule has 5 rings (SSSR count). The number of aromatic nitrogens is 1. The lowest BCUT2D eigenvalue weighted by atomic mass is 9.92. The van der Waals surface area contributed by atoms with E-state index in [4.69, 9.17) is 9.73 Å². The fraction of sp³-hybridized carbons (Fsp3) is 0.212. The van der Waals surface area contributed by atoms with Gasteiger partial charge in [0.15, 0.2) is 11.6 Å². The number of hydrogen-bond donors (Lipinski definition) is 0. The van der Waals surface area contributed by atoms with Gasteiger partial charge in [-0.2, -0.15) is 13.2 Å². The first-order valence-electron chi connectivity index (χ1n) is 13.4. The lowest BCUT2D eigenvalue weighted by Crippen LogP contribution is -2.32. The predicted molar refractivity (Wildman–Crippen MR) is 159 cm³/mol. The van der Waals surface area contributed by atoms with Crippen molar-refractivity contribution in [3.05, 3.63) is 129 Å². The molecule has 1 unspecified atom stereocenters. The highest BCUT2D eigenvalue weighted by Gasteiger charge is 2.38. The normalized spacial score (nSPS) is 15.0. The number of alkyl halides is 3. The minimum absolute atomic E-state index is 0.0383. The van der Waals surface area contributed by atoms with E-state index in [1.807, 2.05) is 30.3 Å². The zero-order valence-corrected chi connectivity index (χ0v) is 24.2. The third kappa shape index (κ3) is 5.63. The summed E-state index contributed by atoms with van der Waals surface area (Å²) in [6.07, 6.45) is -3.66. The summed E-state index contributed by atoms with van der Waals surface area (Å²) in [5.74, 6) is -1.57. The van der Waals surface area contributed by atoms with Gasteiger partial charge in [0.05, 0.1) is 41.6 Å². The summed E-state index contributed by atoms with van der Waals surface area (Å²) in [7, 11) is 1.29. The molecule has 1 aliphatic heterocycles. The van der Waals surface area contributed by atoms with Crippen LogP contribution in [0.4, 0.5) is 22.0 Å². The summed E-state index contributed by atoms with van der Waals surface area (Å²) in [5, 5.41) is 0.387. The van der Waals surface area contributed by atoms with Crippen LogP contribution in [0.1, 0.15) is 33.9 Å². The Morgan fingerprint density at radius 3 is 2.47 bits per heavy atom. The first-order valence-corrected chi connectivity index (χ1v) is 14.4. The largest absolute Gasteiger partial charge is 0.494 e. The molecule has 10 heteroatoms. The number of methoxy groups -OCH3 is 1. The topological polar surface area (TPSA) is 43.6 Å². The molecule has 0 aliphatic carbocycles. The van der Waals surface area contributed by atoms with Crippen molar-refractivity contribution < 1.29 is 26.7 Å². The van der Waals surface area contributed by atoms with Gasteiger partial charge in [0.1, 0.15) is 5.82 Å². The molecule has 0 saturated heterocycles. The van der Waals surface area contributed by atoms with Crippen molar-refractivity contribution in [3.8, 4) is 16.9 Å². The van der Waals surface area contributed by atoms with Crippen molar-refractivity contribution >= 4 is 17.5 Å². The van der Waals surface area contributed by atoms with Crippen LogP contribution in [-0.4, -0.2) is 29.7 Å². The minimum Gasteiger partial charge on any atom is -0.494 e. The van der Waals surface area contributed by atoms with Crippen molar-refractivity contribution in [2.75, 3.05) is 19.4 Å². The highest BCUT2D eigenvalue weighted by Crippen LogP contribution is 2.43. The van der Waals surface area contributed by atoms with Crippen molar-refractivity contribution in [1.82, 2.24) is 4.57 Å². The van der Waals surface area contributed by atoms with E-state index in [0.717, 1.165) is 23.8 Å². The van der Waals surface area contributed by atoms with Gasteiger partial charge in [0.25, 0.3) is 5.56 Å². The quantitative estimate of drug-likeness (QED) is 0.115. The van der Waals surface area contributed by atoms with E-state index in [2.05, 4.69) is 6.58 Å². The van der Waals surface area contributed by atoms with Gasteiger partial charge in [-0.05, 0) is 41.8 Å². The molecule has 0 spiro atoms. The standard InChI is InChI=1S/C33H27F5N2O2S/c1-4-16-39-30(20-10-6-5-7-11-20)26-18-43-32-22(17-23-24(33(36,37)38)13-9-14-25(23)34)19(2)28(31(41)40(26)32)21-12-8-15-27(42-3)29(21)35/h4-15,26H,1,16-18H2,2-3H3/b39-30+. The molecule has 4 nitrogen and oxygen atoms in total. The van der Waals surface area contributed by atoms with Crippen LogP contribution >= 0.6 is 11.8 Å². The highest BCUT2D eigenvalue weighted by molar-refractivity contribution is 7.99. The summed E-state index contributed by atoms with van der Waals surface area (Å²) in [4.78, 5) is 19.1. The number of pyridine rings is 1. The molecule has 0 fully saturated rings. The van der Waals surface area contributed by atoms with E-state index in [1.54, 1.807) is 13.0 Å². The molecule has 0 radical (unpaired) electrons. The number of nitrogens with zero attached hydrogens (tertiary/aromatic N) is 2. The maximum Gasteiger partial charge on any atom is 0.416 e. The van der Waals surface area contributed by atoms with Gasteiger partial charge in [-0.25, -0.2) is 8.78 Å². The zero-order valence-electron chi connectivity index (χ0n) is 23.3. The molecule has 1 aliphatic rings. The number of halogens is 5. The molecule has 4 aromatic rings. The van der Waals surface area contributed by atoms with Crippen LogP contribution in [0.2, 0.25) is 0 Å². The number of fused-ring (bicyclic) bond motifs is 1. The van der Waals surface area contributed by atoms with Crippen molar-refractivity contribution in [3.63, 3.8) is 0 Å². The molecule has 1 atom stereocenters. The Labute approximate surface area is 249 Å². The third-order valence-electron chi connectivity index (χ3n) is 7.43. The molecular weight excluding hydrogens is 583 g/mol. The summed E-state index contributed by atoms with van der Waals surface area (Å²) in [6.45, 7) is 5.55. The molecular formula is C33H27F5N2O2S. The highest BCUT2D eigenvalue weighted by atomic mass is 32.2. The lowest BCUT2D eigenvalue weighted by Gasteiger charge is -2.23. The van der Waals surface area contributed by atoms with Gasteiger partial charge in [-0.3, -0.25) is 14.4 Å². The van der Waals surface area contributed by atoms with Crippen LogP contribution in [0.25, 0.3) is 11.1 Å². The molecule has 0 amide bonds. The number of ether oxygens (including phenoxy) is 1. The third-order valence-corrected chi connectivity index (χ3v) is 8.63. The number of benzene rings is 3. The molecule has 43 heavy (non-hydrogen) atoms. The molecule has 0 N–H and O–H groups in total. The van der Waals surface area contributed by atoms with E-state index >= 15 is 8.78 Å². The van der Waals surface area contributed by atoms with Crippen LogP contribution in [0, 0.1) is 18.6 Å². The van der Waals surface area contributed by atoms with Crippen molar-refractivity contribution in [1.29, 1.82) is 0 Å². The maximum absolute atomic E-state index is 15.7. The van der Waals surface area contributed by atoms with Gasteiger partial charge in [-0.15, -0.1) is 18.3 Å². The maximum atomic E-state index is 15.7. The number of rotatable bonds is 8. The average molecular weight is 611 g/mol. The van der Waals surface area contributed by atoms with E-state index in [0.29, 0.717) is 22.1 Å².